The van der Waals surface area contributed by atoms with Crippen molar-refractivity contribution >= 4 is 33.4 Å². The molecule has 1 N–H and O–H groups in total. The van der Waals surface area contributed by atoms with Gasteiger partial charge in [-0.25, -0.2) is 19.2 Å². The van der Waals surface area contributed by atoms with Crippen molar-refractivity contribution in [2.24, 2.45) is 0 Å². The van der Waals surface area contributed by atoms with Gasteiger partial charge >= 0.3 is 5.97 Å². The second kappa shape index (κ2) is 5.96. The molecule has 104 valence electrons. The molecular formula is C13H11BrFN3O2. The minimum absolute atomic E-state index is 0.108. The first-order valence-electron chi connectivity index (χ1n) is 5.64. The first-order chi connectivity index (χ1) is 9.51. The maximum Gasteiger partial charge on any atom is 0.358 e. The Labute approximate surface area is 123 Å². The fourth-order valence-corrected chi connectivity index (χ4v) is 1.98. The molecule has 1 aromatic carbocycles. The smallest absolute Gasteiger partial charge is 0.358 e. The van der Waals surface area contributed by atoms with Crippen LogP contribution in [-0.4, -0.2) is 23.0 Å². The summed E-state index contributed by atoms with van der Waals surface area (Å²) in [7, 11) is 1.27. The van der Waals surface area contributed by atoms with Crippen molar-refractivity contribution in [3.05, 3.63) is 46.1 Å². The predicted molar refractivity (Wildman–Crippen MR) is 75.5 cm³/mol. The Morgan fingerprint density at radius 3 is 2.70 bits per heavy atom. The Balaban J connectivity index is 2.22. The van der Waals surface area contributed by atoms with Crippen molar-refractivity contribution in [3.63, 3.8) is 0 Å². The monoisotopic (exact) mass is 339 g/mol. The van der Waals surface area contributed by atoms with Crippen LogP contribution >= 0.6 is 15.9 Å². The van der Waals surface area contributed by atoms with Gasteiger partial charge in [-0.15, -0.1) is 0 Å². The highest BCUT2D eigenvalue weighted by molar-refractivity contribution is 9.10. The molecule has 5 nitrogen and oxygen atoms in total. The van der Waals surface area contributed by atoms with Gasteiger partial charge in [0.15, 0.2) is 5.69 Å². The Morgan fingerprint density at radius 1 is 1.35 bits per heavy atom. The normalized spacial score (nSPS) is 10.2. The van der Waals surface area contributed by atoms with E-state index in [1.807, 2.05) is 6.92 Å². The van der Waals surface area contributed by atoms with Crippen LogP contribution in [-0.2, 0) is 4.74 Å². The van der Waals surface area contributed by atoms with E-state index in [4.69, 9.17) is 0 Å². The van der Waals surface area contributed by atoms with Crippen LogP contribution in [0, 0.1) is 12.7 Å². The highest BCUT2D eigenvalue weighted by atomic mass is 79.9. The zero-order valence-corrected chi connectivity index (χ0v) is 12.4. The summed E-state index contributed by atoms with van der Waals surface area (Å²) in [6, 6.07) is 3.02. The van der Waals surface area contributed by atoms with Crippen molar-refractivity contribution in [1.29, 1.82) is 0 Å². The largest absolute Gasteiger partial charge is 0.464 e. The van der Waals surface area contributed by atoms with Crippen LogP contribution in [0.4, 0.5) is 15.9 Å². The molecule has 1 heterocycles. The van der Waals surface area contributed by atoms with E-state index < -0.39 is 5.97 Å². The molecule has 7 heteroatoms. The van der Waals surface area contributed by atoms with E-state index in [2.05, 4.69) is 36.0 Å². The quantitative estimate of drug-likeness (QED) is 0.870. The van der Waals surface area contributed by atoms with Crippen molar-refractivity contribution in [3.8, 4) is 0 Å². The number of hydrogen-bond donors (Lipinski definition) is 1. The molecule has 0 amide bonds. The average Bonchev–Trinajstić information content (AvgIpc) is 2.44. The molecule has 2 rings (SSSR count). The van der Waals surface area contributed by atoms with Gasteiger partial charge in [0.05, 0.1) is 24.0 Å². The van der Waals surface area contributed by atoms with E-state index in [0.717, 1.165) is 5.56 Å². The van der Waals surface area contributed by atoms with Gasteiger partial charge in [-0.05, 0) is 40.5 Å². The summed E-state index contributed by atoms with van der Waals surface area (Å²) in [6.07, 6.45) is 2.67. The highest BCUT2D eigenvalue weighted by Crippen LogP contribution is 2.25. The third-order valence-corrected chi connectivity index (χ3v) is 3.18. The number of nitrogens with zero attached hydrogens (tertiary/aromatic N) is 2. The van der Waals surface area contributed by atoms with E-state index in [1.165, 1.54) is 25.6 Å². The van der Waals surface area contributed by atoms with E-state index in [9.17, 15) is 9.18 Å². The summed E-state index contributed by atoms with van der Waals surface area (Å²) in [5, 5.41) is 2.94. The lowest BCUT2D eigenvalue weighted by molar-refractivity contribution is 0.0593. The molecule has 0 fully saturated rings. The van der Waals surface area contributed by atoms with Crippen molar-refractivity contribution in [2.45, 2.75) is 6.92 Å². The van der Waals surface area contributed by atoms with Gasteiger partial charge in [0.25, 0.3) is 0 Å². The van der Waals surface area contributed by atoms with Gasteiger partial charge in [0.1, 0.15) is 11.6 Å². The van der Waals surface area contributed by atoms with E-state index in [1.54, 1.807) is 6.07 Å². The molecular weight excluding hydrogens is 329 g/mol. The van der Waals surface area contributed by atoms with Crippen LogP contribution in [0.1, 0.15) is 16.1 Å². The van der Waals surface area contributed by atoms with Crippen molar-refractivity contribution in [1.82, 2.24) is 9.97 Å². The van der Waals surface area contributed by atoms with Crippen molar-refractivity contribution in [2.75, 3.05) is 12.4 Å². The highest BCUT2D eigenvalue weighted by Gasteiger charge is 2.09. The summed E-state index contributed by atoms with van der Waals surface area (Å²) in [5.74, 6) is -0.533. The number of carbonyl (C=O) groups excluding carboxylic acids is 1. The van der Waals surface area contributed by atoms with Gasteiger partial charge in [-0.3, -0.25) is 0 Å². The number of anilines is 2. The summed E-state index contributed by atoms with van der Waals surface area (Å²) in [4.78, 5) is 19.2. The van der Waals surface area contributed by atoms with Crippen LogP contribution in [0.5, 0.6) is 0 Å². The molecule has 20 heavy (non-hydrogen) atoms. The standard InChI is InChI=1S/C13H11BrFN3O2/c1-7-3-8(14)9(15)4-10(7)18-12-6-16-11(5-17-12)13(19)20-2/h3-6H,1-2H3,(H,17,18). The molecule has 1 aromatic heterocycles. The molecule has 0 radical (unpaired) electrons. The number of ether oxygens (including phenoxy) is 1. The van der Waals surface area contributed by atoms with Crippen molar-refractivity contribution < 1.29 is 13.9 Å². The summed E-state index contributed by atoms with van der Waals surface area (Å²) >= 11 is 3.12. The molecule has 0 saturated heterocycles. The lowest BCUT2D eigenvalue weighted by atomic mass is 10.2. The number of halogens is 2. The third-order valence-electron chi connectivity index (χ3n) is 2.58. The van der Waals surface area contributed by atoms with E-state index in [0.29, 0.717) is 16.0 Å². The fraction of sp³-hybridized carbons (Fsp3) is 0.154. The average molecular weight is 340 g/mol. The molecule has 0 saturated carbocycles. The van der Waals surface area contributed by atoms with Gasteiger partial charge in [0.2, 0.25) is 0 Å². The zero-order chi connectivity index (χ0) is 14.7. The lowest BCUT2D eigenvalue weighted by Crippen LogP contribution is -2.06. The molecule has 0 atom stereocenters. The minimum atomic E-state index is -0.560. The zero-order valence-electron chi connectivity index (χ0n) is 10.8. The Morgan fingerprint density at radius 2 is 2.10 bits per heavy atom. The molecule has 0 spiro atoms. The maximum absolute atomic E-state index is 13.5. The number of benzene rings is 1. The minimum Gasteiger partial charge on any atom is -0.464 e. The van der Waals surface area contributed by atoms with E-state index in [-0.39, 0.29) is 11.5 Å². The Hall–Kier alpha value is -2.02. The SMILES string of the molecule is COC(=O)c1cnc(Nc2cc(F)c(Br)cc2C)cn1. The first kappa shape index (κ1) is 14.4. The number of aryl methyl sites for hydroxylation is 1. The van der Waals surface area contributed by atoms with Crippen LogP contribution < -0.4 is 5.32 Å². The first-order valence-corrected chi connectivity index (χ1v) is 6.43. The van der Waals surface area contributed by atoms with Crippen LogP contribution in [0.15, 0.2) is 29.0 Å². The molecule has 0 unspecified atom stereocenters. The second-order valence-corrected chi connectivity index (χ2v) is 4.84. The van der Waals surface area contributed by atoms with Gasteiger partial charge < -0.3 is 10.1 Å². The number of aromatic nitrogens is 2. The Kier molecular flexibility index (Phi) is 4.29. The summed E-state index contributed by atoms with van der Waals surface area (Å²) in [5.41, 5.74) is 1.53. The fourth-order valence-electron chi connectivity index (χ4n) is 1.52. The topological polar surface area (TPSA) is 64.1 Å². The molecule has 0 bridgehead atoms. The molecule has 0 aliphatic heterocycles. The Bertz CT molecular complexity index is 647. The number of esters is 1. The van der Waals surface area contributed by atoms with Crippen LogP contribution in [0.2, 0.25) is 0 Å². The number of nitrogens with one attached hydrogen (secondary N) is 1. The predicted octanol–water partition coefficient (Wildman–Crippen LogP) is 3.22. The molecule has 2 aromatic rings. The van der Waals surface area contributed by atoms with E-state index >= 15 is 0 Å². The second-order valence-electron chi connectivity index (χ2n) is 3.98. The lowest BCUT2D eigenvalue weighted by Gasteiger charge is -2.09. The maximum atomic E-state index is 13.5. The molecule has 0 aliphatic rings. The van der Waals surface area contributed by atoms with Crippen LogP contribution in [0.3, 0.4) is 0 Å². The van der Waals surface area contributed by atoms with Crippen LogP contribution in [0.25, 0.3) is 0 Å². The number of rotatable bonds is 3. The number of carbonyl (C=O) groups is 1. The summed E-state index contributed by atoms with van der Waals surface area (Å²) < 4.78 is 18.4. The molecule has 0 aliphatic carbocycles. The van der Waals surface area contributed by atoms with Gasteiger partial charge in [-0.2, -0.15) is 0 Å². The number of methoxy groups -OCH3 is 1. The third kappa shape index (κ3) is 3.11. The van der Waals surface area contributed by atoms with Gasteiger partial charge in [-0.1, -0.05) is 0 Å². The van der Waals surface area contributed by atoms with Gasteiger partial charge in [0, 0.05) is 5.69 Å². The summed E-state index contributed by atoms with van der Waals surface area (Å²) in [6.45, 7) is 1.84. The number of hydrogen-bond acceptors (Lipinski definition) is 5.